The summed E-state index contributed by atoms with van der Waals surface area (Å²) >= 11 is 3.12. The van der Waals surface area contributed by atoms with E-state index in [1.807, 2.05) is 31.2 Å². The predicted octanol–water partition coefficient (Wildman–Crippen LogP) is 6.25. The molecule has 0 saturated carbocycles. The molecular weight excluding hydrogens is 457 g/mol. The monoisotopic (exact) mass is 481 g/mol. The molecular formula is C25H24FN3O2S2. The Balaban J connectivity index is 1.52. The molecule has 33 heavy (non-hydrogen) atoms. The second-order valence-corrected chi connectivity index (χ2v) is 9.65. The quantitative estimate of drug-likeness (QED) is 0.209. The van der Waals surface area contributed by atoms with Crippen molar-refractivity contribution in [1.82, 2.24) is 9.97 Å². The average molecular weight is 482 g/mol. The molecule has 2 aromatic carbocycles. The molecule has 4 rings (SSSR count). The number of pyridine rings is 1. The number of aryl methyl sites for hydroxylation is 1. The van der Waals surface area contributed by atoms with Crippen LogP contribution in [0.5, 0.6) is 5.75 Å². The van der Waals surface area contributed by atoms with Gasteiger partial charge < -0.3 is 4.74 Å². The van der Waals surface area contributed by atoms with Gasteiger partial charge in [-0.25, -0.2) is 9.37 Å². The Labute approximate surface area is 200 Å². The maximum atomic E-state index is 13.3. The summed E-state index contributed by atoms with van der Waals surface area (Å²) in [6.07, 6.45) is 4.58. The highest BCUT2D eigenvalue weighted by Crippen LogP contribution is 2.37. The normalized spacial score (nSPS) is 11.0. The van der Waals surface area contributed by atoms with Gasteiger partial charge in [-0.15, -0.1) is 11.8 Å². The lowest BCUT2D eigenvalue weighted by Crippen LogP contribution is -2.30. The molecule has 0 saturated heterocycles. The minimum absolute atomic E-state index is 0.00855. The highest BCUT2D eigenvalue weighted by atomic mass is 32.2. The van der Waals surface area contributed by atoms with Crippen molar-refractivity contribution in [2.24, 2.45) is 0 Å². The van der Waals surface area contributed by atoms with E-state index in [0.29, 0.717) is 30.3 Å². The van der Waals surface area contributed by atoms with Crippen molar-refractivity contribution >= 4 is 44.4 Å². The molecule has 2 heterocycles. The fourth-order valence-electron chi connectivity index (χ4n) is 3.39. The van der Waals surface area contributed by atoms with Gasteiger partial charge in [-0.05, 0) is 66.6 Å². The van der Waals surface area contributed by atoms with Crippen molar-refractivity contribution in [3.63, 3.8) is 0 Å². The second kappa shape index (κ2) is 10.8. The Morgan fingerprint density at radius 2 is 2.00 bits per heavy atom. The molecule has 0 N–H and O–H groups in total. The summed E-state index contributed by atoms with van der Waals surface area (Å²) in [7, 11) is 1.63. The average Bonchev–Trinajstić information content (AvgIpc) is 3.28. The van der Waals surface area contributed by atoms with Gasteiger partial charge in [0, 0.05) is 23.7 Å². The van der Waals surface area contributed by atoms with Crippen LogP contribution < -0.4 is 9.64 Å². The number of hydrogen-bond donors (Lipinski definition) is 0. The maximum absolute atomic E-state index is 13.3. The Bertz CT molecular complexity index is 1230. The summed E-state index contributed by atoms with van der Waals surface area (Å²) in [5.74, 6) is 1.23. The molecule has 170 valence electrons. The van der Waals surface area contributed by atoms with Gasteiger partial charge in [0.1, 0.15) is 17.1 Å². The SMILES string of the molecule is COc1ccc(C)c2sc(N(Cc3cccnc3)C(=O)CCCSc3ccc(F)cc3)nc12. The first-order valence-electron chi connectivity index (χ1n) is 10.6. The van der Waals surface area contributed by atoms with Crippen molar-refractivity contribution in [3.05, 3.63) is 77.9 Å². The lowest BCUT2D eigenvalue weighted by Gasteiger charge is -2.20. The molecule has 0 unspecified atom stereocenters. The van der Waals surface area contributed by atoms with Gasteiger partial charge in [-0.3, -0.25) is 14.7 Å². The molecule has 0 spiro atoms. The zero-order valence-corrected chi connectivity index (χ0v) is 20.1. The standard InChI is InChI=1S/C25H24FN3O2S2/c1-17-7-12-21(31-2)23-24(17)33-25(28-23)29(16-18-5-3-13-27-15-18)22(30)6-4-14-32-20-10-8-19(26)9-11-20/h3,5,7-13,15H,4,6,14,16H2,1-2H3. The van der Waals surface area contributed by atoms with Crippen LogP contribution in [0.3, 0.4) is 0 Å². The topological polar surface area (TPSA) is 55.3 Å². The number of benzene rings is 2. The zero-order valence-electron chi connectivity index (χ0n) is 18.5. The number of rotatable bonds is 9. The number of thiazole rings is 1. The largest absolute Gasteiger partial charge is 0.494 e. The molecule has 0 fully saturated rings. The Morgan fingerprint density at radius 3 is 2.73 bits per heavy atom. The molecule has 0 aliphatic rings. The fourth-order valence-corrected chi connectivity index (χ4v) is 5.32. The highest BCUT2D eigenvalue weighted by Gasteiger charge is 2.22. The van der Waals surface area contributed by atoms with Crippen LogP contribution in [-0.2, 0) is 11.3 Å². The molecule has 8 heteroatoms. The van der Waals surface area contributed by atoms with Crippen molar-refractivity contribution in [3.8, 4) is 5.75 Å². The van der Waals surface area contributed by atoms with Crippen LogP contribution >= 0.6 is 23.1 Å². The number of halogens is 1. The summed E-state index contributed by atoms with van der Waals surface area (Å²) in [4.78, 5) is 25.0. The number of ether oxygens (including phenoxy) is 1. The first kappa shape index (κ1) is 23.2. The van der Waals surface area contributed by atoms with E-state index >= 15 is 0 Å². The van der Waals surface area contributed by atoms with Crippen LogP contribution in [0.1, 0.15) is 24.0 Å². The maximum Gasteiger partial charge on any atom is 0.229 e. The summed E-state index contributed by atoms with van der Waals surface area (Å²) in [6.45, 7) is 2.43. The predicted molar refractivity (Wildman–Crippen MR) is 133 cm³/mol. The van der Waals surface area contributed by atoms with Crippen molar-refractivity contribution in [1.29, 1.82) is 0 Å². The molecule has 0 radical (unpaired) electrons. The summed E-state index contributed by atoms with van der Waals surface area (Å²) < 4.78 is 19.6. The summed E-state index contributed by atoms with van der Waals surface area (Å²) in [6, 6.07) is 14.1. The van der Waals surface area contributed by atoms with Gasteiger partial charge in [0.15, 0.2) is 5.13 Å². The number of anilines is 1. The number of hydrogen-bond acceptors (Lipinski definition) is 6. The number of methoxy groups -OCH3 is 1. The van der Waals surface area contributed by atoms with Crippen LogP contribution in [0.2, 0.25) is 0 Å². The van der Waals surface area contributed by atoms with E-state index in [1.165, 1.54) is 23.5 Å². The van der Waals surface area contributed by atoms with Crippen LogP contribution in [0.4, 0.5) is 9.52 Å². The van der Waals surface area contributed by atoms with Gasteiger partial charge in [0.2, 0.25) is 5.91 Å². The van der Waals surface area contributed by atoms with Crippen LogP contribution in [0.15, 0.2) is 65.8 Å². The zero-order chi connectivity index (χ0) is 23.2. The van der Waals surface area contributed by atoms with Gasteiger partial charge in [0.25, 0.3) is 0 Å². The molecule has 4 aromatic rings. The van der Waals surface area contributed by atoms with Gasteiger partial charge in [-0.2, -0.15) is 0 Å². The number of fused-ring (bicyclic) bond motifs is 1. The number of thioether (sulfide) groups is 1. The first-order valence-corrected chi connectivity index (χ1v) is 12.4. The first-order chi connectivity index (χ1) is 16.0. The third kappa shape index (κ3) is 5.69. The number of nitrogens with zero attached hydrogens (tertiary/aromatic N) is 3. The summed E-state index contributed by atoms with van der Waals surface area (Å²) in [5, 5.41) is 0.651. The number of carbonyl (C=O) groups is 1. The van der Waals surface area contributed by atoms with Crippen LogP contribution in [0.25, 0.3) is 10.2 Å². The van der Waals surface area contributed by atoms with E-state index in [1.54, 1.807) is 48.3 Å². The third-order valence-electron chi connectivity index (χ3n) is 5.12. The van der Waals surface area contributed by atoms with Crippen molar-refractivity contribution in [2.45, 2.75) is 31.2 Å². The molecule has 0 aliphatic carbocycles. The molecule has 0 atom stereocenters. The lowest BCUT2D eigenvalue weighted by molar-refractivity contribution is -0.118. The molecule has 0 bridgehead atoms. The van der Waals surface area contributed by atoms with E-state index in [0.717, 1.165) is 32.0 Å². The molecule has 5 nitrogen and oxygen atoms in total. The van der Waals surface area contributed by atoms with E-state index < -0.39 is 0 Å². The Kier molecular flexibility index (Phi) is 7.57. The van der Waals surface area contributed by atoms with E-state index in [4.69, 9.17) is 9.72 Å². The molecule has 0 aliphatic heterocycles. The molecule has 2 aromatic heterocycles. The lowest BCUT2D eigenvalue weighted by atomic mass is 10.2. The van der Waals surface area contributed by atoms with Gasteiger partial charge >= 0.3 is 0 Å². The third-order valence-corrected chi connectivity index (χ3v) is 7.44. The summed E-state index contributed by atoms with van der Waals surface area (Å²) in [5.41, 5.74) is 2.81. The number of carbonyl (C=O) groups excluding carboxylic acids is 1. The number of amides is 1. The van der Waals surface area contributed by atoms with E-state index in [9.17, 15) is 9.18 Å². The Morgan fingerprint density at radius 1 is 1.18 bits per heavy atom. The number of aromatic nitrogens is 2. The van der Waals surface area contributed by atoms with Crippen LogP contribution in [0, 0.1) is 12.7 Å². The van der Waals surface area contributed by atoms with Crippen molar-refractivity contribution in [2.75, 3.05) is 17.8 Å². The molecule has 1 amide bonds. The highest BCUT2D eigenvalue weighted by molar-refractivity contribution is 7.99. The minimum atomic E-state index is -0.247. The van der Waals surface area contributed by atoms with E-state index in [-0.39, 0.29) is 11.7 Å². The minimum Gasteiger partial charge on any atom is -0.494 e. The van der Waals surface area contributed by atoms with Crippen molar-refractivity contribution < 1.29 is 13.9 Å². The van der Waals surface area contributed by atoms with Gasteiger partial charge in [0.05, 0.1) is 18.4 Å². The fraction of sp³-hybridized carbons (Fsp3) is 0.240. The van der Waals surface area contributed by atoms with Gasteiger partial charge in [-0.1, -0.05) is 23.5 Å². The Hall–Kier alpha value is -2.97. The van der Waals surface area contributed by atoms with E-state index in [2.05, 4.69) is 4.98 Å². The smallest absolute Gasteiger partial charge is 0.229 e. The second-order valence-electron chi connectivity index (χ2n) is 7.51. The van der Waals surface area contributed by atoms with Crippen LogP contribution in [-0.4, -0.2) is 28.7 Å².